The van der Waals surface area contributed by atoms with Crippen molar-refractivity contribution in [2.75, 3.05) is 0 Å². The molecule has 104 valence electrons. The summed E-state index contributed by atoms with van der Waals surface area (Å²) in [4.78, 5) is 6.98. The van der Waals surface area contributed by atoms with Crippen LogP contribution in [0.1, 0.15) is 29.7 Å². The van der Waals surface area contributed by atoms with Gasteiger partial charge in [-0.2, -0.15) is 0 Å². The van der Waals surface area contributed by atoms with Crippen molar-refractivity contribution in [1.82, 2.24) is 9.97 Å². The largest absolute Gasteiger partial charge is 0.361 e. The number of hydrogen-bond donors (Lipinski definition) is 2. The van der Waals surface area contributed by atoms with Crippen LogP contribution in [0.4, 0.5) is 0 Å². The van der Waals surface area contributed by atoms with Crippen LogP contribution in [0.3, 0.4) is 0 Å². The van der Waals surface area contributed by atoms with Gasteiger partial charge in [-0.25, -0.2) is 0 Å². The van der Waals surface area contributed by atoms with Gasteiger partial charge in [-0.05, 0) is 30.2 Å². The maximum Gasteiger partial charge on any atom is 0.0459 e. The zero-order chi connectivity index (χ0) is 14.4. The van der Waals surface area contributed by atoms with E-state index >= 15 is 0 Å². The lowest BCUT2D eigenvalue weighted by Crippen LogP contribution is -1.97. The van der Waals surface area contributed by atoms with Crippen LogP contribution in [-0.4, -0.2) is 9.97 Å². The summed E-state index contributed by atoms with van der Waals surface area (Å²) in [6.45, 7) is 4.48. The van der Waals surface area contributed by atoms with E-state index in [9.17, 15) is 0 Å². The lowest BCUT2D eigenvalue weighted by molar-refractivity contribution is 0.886. The summed E-state index contributed by atoms with van der Waals surface area (Å²) in [5.74, 6) is 0.341. The van der Waals surface area contributed by atoms with Crippen molar-refractivity contribution in [2.24, 2.45) is 0 Å². The molecule has 2 nitrogen and oxygen atoms in total. The van der Waals surface area contributed by atoms with E-state index in [2.05, 4.69) is 78.5 Å². The number of nitrogens with one attached hydrogen (secondary N) is 2. The van der Waals surface area contributed by atoms with E-state index in [-0.39, 0.29) is 0 Å². The van der Waals surface area contributed by atoms with Crippen LogP contribution < -0.4 is 0 Å². The second-order valence-corrected chi connectivity index (χ2v) is 5.72. The molecule has 0 saturated carbocycles. The van der Waals surface area contributed by atoms with Gasteiger partial charge >= 0.3 is 0 Å². The van der Waals surface area contributed by atoms with Crippen LogP contribution in [0, 0.1) is 6.92 Å². The molecule has 0 amide bonds. The average Bonchev–Trinajstić information content (AvgIpc) is 3.09. The lowest BCUT2D eigenvalue weighted by Gasteiger charge is -2.10. The highest BCUT2D eigenvalue weighted by atomic mass is 14.7. The quantitative estimate of drug-likeness (QED) is 0.509. The molecule has 2 aromatic carbocycles. The third-order valence-corrected chi connectivity index (χ3v) is 4.53. The molecule has 2 aromatic heterocycles. The van der Waals surface area contributed by atoms with Crippen LogP contribution in [0.15, 0.2) is 54.7 Å². The Hall–Kier alpha value is -2.48. The fourth-order valence-electron chi connectivity index (χ4n) is 3.34. The number of aromatic amines is 2. The molecule has 1 atom stereocenters. The summed E-state index contributed by atoms with van der Waals surface area (Å²) >= 11 is 0. The molecule has 1 unspecified atom stereocenters. The van der Waals surface area contributed by atoms with Gasteiger partial charge < -0.3 is 9.97 Å². The zero-order valence-electron chi connectivity index (χ0n) is 12.3. The number of benzene rings is 2. The first kappa shape index (κ1) is 12.3. The molecule has 0 aliphatic carbocycles. The second kappa shape index (κ2) is 4.52. The average molecular weight is 274 g/mol. The minimum absolute atomic E-state index is 0.341. The van der Waals surface area contributed by atoms with E-state index in [1.165, 1.54) is 38.6 Å². The Labute approximate surface area is 123 Å². The monoisotopic (exact) mass is 274 g/mol. The molecule has 2 heterocycles. The normalized spacial score (nSPS) is 13.0. The summed E-state index contributed by atoms with van der Waals surface area (Å²) in [5, 5.41) is 2.63. The summed E-state index contributed by atoms with van der Waals surface area (Å²) < 4.78 is 0. The van der Waals surface area contributed by atoms with Gasteiger partial charge in [0.2, 0.25) is 0 Å². The van der Waals surface area contributed by atoms with Gasteiger partial charge in [-0.15, -0.1) is 0 Å². The molecule has 0 spiro atoms. The van der Waals surface area contributed by atoms with E-state index in [1.54, 1.807) is 0 Å². The highest BCUT2D eigenvalue weighted by Gasteiger charge is 2.18. The van der Waals surface area contributed by atoms with Gasteiger partial charge in [0.15, 0.2) is 0 Å². The summed E-state index contributed by atoms with van der Waals surface area (Å²) in [6, 6.07) is 17.0. The van der Waals surface area contributed by atoms with Crippen molar-refractivity contribution in [3.8, 4) is 0 Å². The van der Waals surface area contributed by atoms with Crippen LogP contribution in [-0.2, 0) is 0 Å². The fraction of sp³-hybridized carbons (Fsp3) is 0.158. The predicted molar refractivity (Wildman–Crippen MR) is 88.9 cm³/mol. The van der Waals surface area contributed by atoms with E-state index in [1.807, 2.05) is 0 Å². The molecule has 21 heavy (non-hydrogen) atoms. The van der Waals surface area contributed by atoms with Crippen LogP contribution in [0.2, 0.25) is 0 Å². The van der Waals surface area contributed by atoms with Crippen molar-refractivity contribution in [1.29, 1.82) is 0 Å². The van der Waals surface area contributed by atoms with E-state index < -0.39 is 0 Å². The van der Waals surface area contributed by atoms with Gasteiger partial charge in [0, 0.05) is 39.6 Å². The summed E-state index contributed by atoms with van der Waals surface area (Å²) in [7, 11) is 0. The number of aryl methyl sites for hydroxylation is 1. The van der Waals surface area contributed by atoms with Crippen LogP contribution in [0.5, 0.6) is 0 Å². The Kier molecular flexibility index (Phi) is 2.64. The Balaban J connectivity index is 1.90. The molecular formula is C19H18N2. The number of fused-ring (bicyclic) bond motifs is 2. The summed E-state index contributed by atoms with van der Waals surface area (Å²) in [6.07, 6.45) is 2.14. The van der Waals surface area contributed by atoms with Crippen molar-refractivity contribution in [3.05, 3.63) is 71.5 Å². The van der Waals surface area contributed by atoms with E-state index in [0.717, 1.165) is 0 Å². The molecule has 0 bridgehead atoms. The first-order chi connectivity index (χ1) is 10.3. The van der Waals surface area contributed by atoms with Crippen LogP contribution in [0.25, 0.3) is 21.8 Å². The molecule has 0 aliphatic heterocycles. The first-order valence-corrected chi connectivity index (χ1v) is 7.39. The summed E-state index contributed by atoms with van der Waals surface area (Å²) in [5.41, 5.74) is 6.43. The first-order valence-electron chi connectivity index (χ1n) is 7.39. The van der Waals surface area contributed by atoms with Gasteiger partial charge in [-0.1, -0.05) is 43.3 Å². The third kappa shape index (κ3) is 1.79. The fourth-order valence-corrected chi connectivity index (χ4v) is 3.34. The molecular weight excluding hydrogens is 256 g/mol. The Bertz CT molecular complexity index is 927. The molecule has 2 N–H and O–H groups in total. The third-order valence-electron chi connectivity index (χ3n) is 4.53. The Morgan fingerprint density at radius 1 is 0.857 bits per heavy atom. The smallest absolute Gasteiger partial charge is 0.0459 e. The molecule has 0 fully saturated rings. The van der Waals surface area contributed by atoms with Crippen LogP contribution >= 0.6 is 0 Å². The predicted octanol–water partition coefficient (Wildman–Crippen LogP) is 5.11. The lowest BCUT2D eigenvalue weighted by atomic mass is 9.94. The topological polar surface area (TPSA) is 31.6 Å². The standard InChI is InChI=1S/C19H18N2/c1-12-14-7-3-6-10-18(14)21-19(12)13(2)16-11-20-17-9-5-4-8-15(16)17/h3-11,13,20-21H,1-2H3. The Morgan fingerprint density at radius 3 is 2.29 bits per heavy atom. The van der Waals surface area contributed by atoms with Gasteiger partial charge in [0.05, 0.1) is 0 Å². The number of para-hydroxylation sites is 2. The SMILES string of the molecule is Cc1c(C(C)c2c[nH]c3ccccc23)[nH]c2ccccc12. The van der Waals surface area contributed by atoms with E-state index in [0.29, 0.717) is 5.92 Å². The van der Waals surface area contributed by atoms with Crippen molar-refractivity contribution >= 4 is 21.8 Å². The number of aromatic nitrogens is 2. The molecule has 0 radical (unpaired) electrons. The second-order valence-electron chi connectivity index (χ2n) is 5.72. The molecule has 0 saturated heterocycles. The molecule has 0 aliphatic rings. The molecule has 2 heteroatoms. The van der Waals surface area contributed by atoms with Gasteiger partial charge in [0.1, 0.15) is 0 Å². The number of H-pyrrole nitrogens is 2. The number of hydrogen-bond acceptors (Lipinski definition) is 0. The maximum absolute atomic E-state index is 3.60. The van der Waals surface area contributed by atoms with Crippen molar-refractivity contribution in [2.45, 2.75) is 19.8 Å². The van der Waals surface area contributed by atoms with Crippen molar-refractivity contribution < 1.29 is 0 Å². The maximum atomic E-state index is 3.60. The minimum atomic E-state index is 0.341. The Morgan fingerprint density at radius 2 is 1.52 bits per heavy atom. The van der Waals surface area contributed by atoms with E-state index in [4.69, 9.17) is 0 Å². The highest BCUT2D eigenvalue weighted by molar-refractivity contribution is 5.87. The van der Waals surface area contributed by atoms with Crippen molar-refractivity contribution in [3.63, 3.8) is 0 Å². The van der Waals surface area contributed by atoms with Gasteiger partial charge in [-0.3, -0.25) is 0 Å². The van der Waals surface area contributed by atoms with Gasteiger partial charge in [0.25, 0.3) is 0 Å². The zero-order valence-corrected chi connectivity index (χ0v) is 12.3. The number of rotatable bonds is 2. The highest BCUT2D eigenvalue weighted by Crippen LogP contribution is 2.34. The molecule has 4 rings (SSSR count). The minimum Gasteiger partial charge on any atom is -0.361 e. The molecule has 4 aromatic rings.